The number of amides is 5. The van der Waals surface area contributed by atoms with Gasteiger partial charge in [-0.3, -0.25) is 24.7 Å². The van der Waals surface area contributed by atoms with Crippen LogP contribution in [0.2, 0.25) is 0 Å². The van der Waals surface area contributed by atoms with E-state index in [0.29, 0.717) is 5.56 Å². The van der Waals surface area contributed by atoms with Crippen molar-refractivity contribution in [3.8, 4) is 0 Å². The van der Waals surface area contributed by atoms with E-state index in [4.69, 9.17) is 0 Å². The zero-order valence-corrected chi connectivity index (χ0v) is 12.1. The second kappa shape index (κ2) is 6.35. The lowest BCUT2D eigenvalue weighted by Gasteiger charge is -2.15. The number of carbonyl (C=O) groups is 4. The van der Waals surface area contributed by atoms with Gasteiger partial charge in [0.25, 0.3) is 11.8 Å². The second-order valence-corrected chi connectivity index (χ2v) is 5.15. The molecule has 1 aliphatic heterocycles. The quantitative estimate of drug-likeness (QED) is 0.735. The molecule has 9 heteroatoms. The van der Waals surface area contributed by atoms with Crippen LogP contribution < -0.4 is 10.7 Å². The third-order valence-corrected chi connectivity index (χ3v) is 3.55. The summed E-state index contributed by atoms with van der Waals surface area (Å²) >= 11 is 1.41. The van der Waals surface area contributed by atoms with Crippen LogP contribution in [0.5, 0.6) is 0 Å². The van der Waals surface area contributed by atoms with Crippen LogP contribution in [0.1, 0.15) is 16.8 Å². The Labute approximate surface area is 124 Å². The maximum absolute atomic E-state index is 11.6. The van der Waals surface area contributed by atoms with Crippen molar-refractivity contribution >= 4 is 35.1 Å². The van der Waals surface area contributed by atoms with Gasteiger partial charge in [0.1, 0.15) is 6.54 Å². The lowest BCUT2D eigenvalue weighted by Crippen LogP contribution is -2.45. The van der Waals surface area contributed by atoms with Crippen LogP contribution in [0.4, 0.5) is 4.79 Å². The third-order valence-electron chi connectivity index (χ3n) is 2.87. The molecule has 0 atom stereocenters. The third kappa shape index (κ3) is 3.57. The molecule has 8 nitrogen and oxygen atoms in total. The van der Waals surface area contributed by atoms with Crippen molar-refractivity contribution < 1.29 is 19.2 Å². The van der Waals surface area contributed by atoms with Crippen molar-refractivity contribution in [1.29, 1.82) is 0 Å². The van der Waals surface area contributed by atoms with Crippen LogP contribution in [0.3, 0.4) is 0 Å². The molecule has 1 aromatic heterocycles. The molecule has 0 aliphatic carbocycles. The highest BCUT2D eigenvalue weighted by Crippen LogP contribution is 2.06. The van der Waals surface area contributed by atoms with Gasteiger partial charge in [0.05, 0.1) is 0 Å². The highest BCUT2D eigenvalue weighted by Gasteiger charge is 2.34. The summed E-state index contributed by atoms with van der Waals surface area (Å²) in [5.74, 6) is -1.08. The van der Waals surface area contributed by atoms with Crippen LogP contribution in [-0.2, 0) is 9.59 Å². The van der Waals surface area contributed by atoms with Crippen LogP contribution in [0.25, 0.3) is 0 Å². The van der Waals surface area contributed by atoms with E-state index in [1.807, 2.05) is 0 Å². The van der Waals surface area contributed by atoms with Gasteiger partial charge in [0.2, 0.25) is 5.91 Å². The maximum atomic E-state index is 11.6. The summed E-state index contributed by atoms with van der Waals surface area (Å²) in [5.41, 5.74) is 2.87. The Balaban J connectivity index is 1.72. The first-order valence-electron chi connectivity index (χ1n) is 6.17. The second-order valence-electron chi connectivity index (χ2n) is 4.37. The number of carbonyl (C=O) groups excluding carboxylic acids is 4. The van der Waals surface area contributed by atoms with E-state index in [9.17, 15) is 19.2 Å². The van der Waals surface area contributed by atoms with Crippen molar-refractivity contribution in [2.45, 2.75) is 6.42 Å². The Kier molecular flexibility index (Phi) is 4.53. The summed E-state index contributed by atoms with van der Waals surface area (Å²) in [6, 6.07) is 1.11. The molecule has 1 fully saturated rings. The molecule has 2 N–H and O–H groups in total. The van der Waals surface area contributed by atoms with E-state index in [2.05, 4.69) is 10.7 Å². The SMILES string of the molecule is CN1C(=O)CN(NC(=O)CCNC(=O)c2ccsc2)C1=O. The van der Waals surface area contributed by atoms with Gasteiger partial charge in [-0.15, -0.1) is 0 Å². The van der Waals surface area contributed by atoms with Crippen LogP contribution >= 0.6 is 11.3 Å². The summed E-state index contributed by atoms with van der Waals surface area (Å²) in [5, 5.41) is 7.04. The minimum absolute atomic E-state index is 0.0115. The molecule has 0 saturated carbocycles. The Hall–Kier alpha value is -2.42. The number of hydrogen-bond donors (Lipinski definition) is 2. The van der Waals surface area contributed by atoms with Crippen LogP contribution in [0.15, 0.2) is 16.8 Å². The van der Waals surface area contributed by atoms with Crippen molar-refractivity contribution in [2.75, 3.05) is 20.1 Å². The molecule has 2 rings (SSSR count). The van der Waals surface area contributed by atoms with Crippen molar-refractivity contribution in [3.63, 3.8) is 0 Å². The van der Waals surface area contributed by atoms with Gasteiger partial charge in [-0.1, -0.05) is 0 Å². The van der Waals surface area contributed by atoms with Crippen molar-refractivity contribution in [2.24, 2.45) is 0 Å². The monoisotopic (exact) mass is 310 g/mol. The summed E-state index contributed by atoms with van der Waals surface area (Å²) in [6.07, 6.45) is 0.0115. The number of nitrogens with zero attached hydrogens (tertiary/aromatic N) is 2. The topological polar surface area (TPSA) is 98.8 Å². The molecule has 2 heterocycles. The van der Waals surface area contributed by atoms with Crippen molar-refractivity contribution in [1.82, 2.24) is 20.7 Å². The first-order chi connectivity index (χ1) is 9.99. The summed E-state index contributed by atoms with van der Waals surface area (Å²) in [4.78, 5) is 47.0. The smallest absolute Gasteiger partial charge is 0.345 e. The summed E-state index contributed by atoms with van der Waals surface area (Å²) < 4.78 is 0. The molecule has 0 unspecified atom stereocenters. The van der Waals surface area contributed by atoms with Gasteiger partial charge in [0, 0.05) is 31.0 Å². The highest BCUT2D eigenvalue weighted by atomic mass is 32.1. The molecule has 1 aromatic rings. The number of nitrogens with one attached hydrogen (secondary N) is 2. The fraction of sp³-hybridized carbons (Fsp3) is 0.333. The first kappa shape index (κ1) is 15.0. The lowest BCUT2D eigenvalue weighted by atomic mass is 10.3. The molecule has 21 heavy (non-hydrogen) atoms. The maximum Gasteiger partial charge on any atom is 0.345 e. The predicted octanol–water partition coefficient (Wildman–Crippen LogP) is -0.207. The number of thiophene rings is 1. The van der Waals surface area contributed by atoms with Gasteiger partial charge in [-0.05, 0) is 11.4 Å². The van der Waals surface area contributed by atoms with Crippen LogP contribution in [0, 0.1) is 0 Å². The van der Waals surface area contributed by atoms with Gasteiger partial charge in [-0.2, -0.15) is 11.3 Å². The summed E-state index contributed by atoms with van der Waals surface area (Å²) in [7, 11) is 1.35. The van der Waals surface area contributed by atoms with E-state index >= 15 is 0 Å². The van der Waals surface area contributed by atoms with Gasteiger partial charge < -0.3 is 5.32 Å². The zero-order chi connectivity index (χ0) is 15.4. The van der Waals surface area contributed by atoms with Gasteiger partial charge in [-0.25, -0.2) is 9.80 Å². The van der Waals surface area contributed by atoms with E-state index in [0.717, 1.165) is 9.91 Å². The standard InChI is InChI=1S/C12H14N4O4S/c1-15-10(18)6-16(12(15)20)14-9(17)2-4-13-11(19)8-3-5-21-7-8/h3,5,7H,2,4,6H2,1H3,(H,13,19)(H,14,17). The molecule has 0 spiro atoms. The molecular weight excluding hydrogens is 296 g/mol. The first-order valence-corrected chi connectivity index (χ1v) is 7.11. The normalized spacial score (nSPS) is 14.5. The van der Waals surface area contributed by atoms with Gasteiger partial charge >= 0.3 is 6.03 Å². The van der Waals surface area contributed by atoms with Crippen molar-refractivity contribution in [3.05, 3.63) is 22.4 Å². The number of rotatable bonds is 5. The Morgan fingerprint density at radius 1 is 1.38 bits per heavy atom. The number of hydrazine groups is 1. The molecule has 5 amide bonds. The summed E-state index contributed by atoms with van der Waals surface area (Å²) in [6.45, 7) is -0.0331. The number of likely N-dealkylation sites (N-methyl/N-ethyl adjacent to an activating group) is 1. The Bertz CT molecular complexity index is 572. The van der Waals surface area contributed by atoms with E-state index < -0.39 is 11.9 Å². The average Bonchev–Trinajstić information content (AvgIpc) is 3.05. The minimum Gasteiger partial charge on any atom is -0.351 e. The lowest BCUT2D eigenvalue weighted by molar-refractivity contribution is -0.126. The van der Waals surface area contributed by atoms with E-state index in [-0.39, 0.29) is 31.3 Å². The molecule has 1 saturated heterocycles. The van der Waals surface area contributed by atoms with E-state index in [1.54, 1.807) is 16.8 Å². The molecule has 112 valence electrons. The number of urea groups is 1. The Morgan fingerprint density at radius 3 is 2.71 bits per heavy atom. The zero-order valence-electron chi connectivity index (χ0n) is 11.3. The molecular formula is C12H14N4O4S. The molecule has 0 aromatic carbocycles. The van der Waals surface area contributed by atoms with Crippen LogP contribution in [-0.4, -0.2) is 53.8 Å². The largest absolute Gasteiger partial charge is 0.351 e. The average molecular weight is 310 g/mol. The molecule has 1 aliphatic rings. The van der Waals surface area contributed by atoms with E-state index in [1.165, 1.54) is 18.4 Å². The fourth-order valence-corrected chi connectivity index (χ4v) is 2.31. The van der Waals surface area contributed by atoms with Gasteiger partial charge in [0.15, 0.2) is 0 Å². The minimum atomic E-state index is -0.573. The molecule has 0 bridgehead atoms. The fourth-order valence-electron chi connectivity index (χ4n) is 1.68. The predicted molar refractivity (Wildman–Crippen MR) is 74.3 cm³/mol. The highest BCUT2D eigenvalue weighted by molar-refractivity contribution is 7.08. The molecule has 0 radical (unpaired) electrons. The number of hydrogen-bond acceptors (Lipinski definition) is 5. The number of imide groups is 1. The Morgan fingerprint density at radius 2 is 2.14 bits per heavy atom.